The SMILES string of the molecule is CCc1ccccc1N1C[C@H](c2nc3ccccc3n2Cc2cc(C)ccc2C)CC1=O. The third-order valence-corrected chi connectivity index (χ3v) is 6.67. The first kappa shape index (κ1) is 20.5. The number of para-hydroxylation sites is 3. The highest BCUT2D eigenvalue weighted by Gasteiger charge is 2.35. The van der Waals surface area contributed by atoms with Crippen molar-refractivity contribution in [2.75, 3.05) is 11.4 Å². The van der Waals surface area contributed by atoms with Crippen LogP contribution in [0.1, 0.15) is 47.3 Å². The maximum Gasteiger partial charge on any atom is 0.227 e. The van der Waals surface area contributed by atoms with Gasteiger partial charge in [0.25, 0.3) is 0 Å². The second-order valence-corrected chi connectivity index (χ2v) is 8.86. The van der Waals surface area contributed by atoms with Crippen LogP contribution in [0.3, 0.4) is 0 Å². The smallest absolute Gasteiger partial charge is 0.227 e. The van der Waals surface area contributed by atoms with Gasteiger partial charge in [0, 0.05) is 31.1 Å². The summed E-state index contributed by atoms with van der Waals surface area (Å²) in [6.07, 6.45) is 1.41. The van der Waals surface area contributed by atoms with E-state index in [2.05, 4.69) is 73.9 Å². The molecule has 1 amide bonds. The zero-order chi connectivity index (χ0) is 22.2. The Kier molecular flexibility index (Phi) is 5.30. The Morgan fingerprint density at radius 3 is 2.59 bits per heavy atom. The Hall–Kier alpha value is -3.40. The highest BCUT2D eigenvalue weighted by molar-refractivity contribution is 5.97. The number of benzene rings is 3. The van der Waals surface area contributed by atoms with Crippen molar-refractivity contribution in [3.8, 4) is 0 Å². The molecule has 5 rings (SSSR count). The Morgan fingerprint density at radius 2 is 1.75 bits per heavy atom. The van der Waals surface area contributed by atoms with Gasteiger partial charge in [-0.3, -0.25) is 4.79 Å². The van der Waals surface area contributed by atoms with Crippen LogP contribution in [-0.4, -0.2) is 22.0 Å². The van der Waals surface area contributed by atoms with Gasteiger partial charge in [0.2, 0.25) is 5.91 Å². The van der Waals surface area contributed by atoms with E-state index in [1.807, 2.05) is 23.1 Å². The number of aryl methyl sites for hydroxylation is 3. The van der Waals surface area contributed by atoms with Gasteiger partial charge < -0.3 is 9.47 Å². The second-order valence-electron chi connectivity index (χ2n) is 8.86. The van der Waals surface area contributed by atoms with Crippen molar-refractivity contribution < 1.29 is 4.79 Å². The van der Waals surface area contributed by atoms with Crippen LogP contribution in [0.4, 0.5) is 5.69 Å². The molecule has 32 heavy (non-hydrogen) atoms. The molecule has 1 aliphatic rings. The first-order chi connectivity index (χ1) is 15.5. The topological polar surface area (TPSA) is 38.1 Å². The molecule has 1 aliphatic heterocycles. The quantitative estimate of drug-likeness (QED) is 0.408. The monoisotopic (exact) mass is 423 g/mol. The van der Waals surface area contributed by atoms with E-state index in [0.29, 0.717) is 13.0 Å². The van der Waals surface area contributed by atoms with Gasteiger partial charge in [-0.15, -0.1) is 0 Å². The summed E-state index contributed by atoms with van der Waals surface area (Å²) in [6.45, 7) is 7.87. The highest BCUT2D eigenvalue weighted by Crippen LogP contribution is 2.35. The fourth-order valence-electron chi connectivity index (χ4n) is 4.90. The Morgan fingerprint density at radius 1 is 0.969 bits per heavy atom. The van der Waals surface area contributed by atoms with Crippen molar-refractivity contribution in [2.24, 2.45) is 0 Å². The van der Waals surface area contributed by atoms with E-state index in [0.717, 1.165) is 35.5 Å². The minimum atomic E-state index is 0.0740. The molecule has 4 heteroatoms. The maximum absolute atomic E-state index is 13.1. The van der Waals surface area contributed by atoms with Crippen molar-refractivity contribution in [3.05, 3.63) is 94.8 Å². The van der Waals surface area contributed by atoms with Crippen LogP contribution in [0.25, 0.3) is 11.0 Å². The number of hydrogen-bond acceptors (Lipinski definition) is 2. The molecule has 162 valence electrons. The molecular weight excluding hydrogens is 394 g/mol. The lowest BCUT2D eigenvalue weighted by molar-refractivity contribution is -0.117. The highest BCUT2D eigenvalue weighted by atomic mass is 16.2. The predicted molar refractivity (Wildman–Crippen MR) is 130 cm³/mol. The number of carbonyl (C=O) groups excluding carboxylic acids is 1. The fraction of sp³-hybridized carbons (Fsp3) is 0.286. The van der Waals surface area contributed by atoms with E-state index >= 15 is 0 Å². The van der Waals surface area contributed by atoms with E-state index in [-0.39, 0.29) is 11.8 Å². The third-order valence-electron chi connectivity index (χ3n) is 6.67. The summed E-state index contributed by atoms with van der Waals surface area (Å²) < 4.78 is 2.32. The van der Waals surface area contributed by atoms with Gasteiger partial charge in [-0.1, -0.05) is 61.0 Å². The summed E-state index contributed by atoms with van der Waals surface area (Å²) in [5, 5.41) is 0. The van der Waals surface area contributed by atoms with Crippen LogP contribution < -0.4 is 4.90 Å². The molecule has 1 fully saturated rings. The number of fused-ring (bicyclic) bond motifs is 1. The van der Waals surface area contributed by atoms with Gasteiger partial charge in [0.05, 0.1) is 11.0 Å². The van der Waals surface area contributed by atoms with Crippen molar-refractivity contribution in [2.45, 2.75) is 46.1 Å². The van der Waals surface area contributed by atoms with Crippen molar-refractivity contribution in [1.82, 2.24) is 9.55 Å². The van der Waals surface area contributed by atoms with E-state index in [9.17, 15) is 4.79 Å². The minimum Gasteiger partial charge on any atom is -0.323 e. The van der Waals surface area contributed by atoms with Gasteiger partial charge >= 0.3 is 0 Å². The summed E-state index contributed by atoms with van der Waals surface area (Å²) in [6, 6.07) is 23.2. The van der Waals surface area contributed by atoms with Crippen molar-refractivity contribution in [1.29, 1.82) is 0 Å². The molecule has 1 aromatic heterocycles. The van der Waals surface area contributed by atoms with Gasteiger partial charge in [-0.25, -0.2) is 4.98 Å². The molecule has 0 saturated carbocycles. The number of imidazole rings is 1. The zero-order valence-corrected chi connectivity index (χ0v) is 19.0. The van der Waals surface area contributed by atoms with Gasteiger partial charge in [0.15, 0.2) is 0 Å². The molecule has 3 aromatic carbocycles. The summed E-state index contributed by atoms with van der Waals surface area (Å²) in [7, 11) is 0. The molecule has 0 N–H and O–H groups in total. The molecule has 0 aliphatic carbocycles. The first-order valence-electron chi connectivity index (χ1n) is 11.4. The second kappa shape index (κ2) is 8.27. The normalized spacial score (nSPS) is 16.3. The molecule has 4 nitrogen and oxygen atoms in total. The standard InChI is InChI=1S/C28H29N3O/c1-4-21-9-5-7-11-25(21)30-18-23(16-27(30)32)28-29-24-10-6-8-12-26(24)31(28)17-22-15-19(2)13-14-20(22)3/h5-15,23H,4,16-18H2,1-3H3/t23-/m1/s1. The number of nitrogens with zero attached hydrogens (tertiary/aromatic N) is 3. The van der Waals surface area contributed by atoms with E-state index in [1.165, 1.54) is 22.3 Å². The van der Waals surface area contributed by atoms with Crippen LogP contribution >= 0.6 is 0 Å². The number of amides is 1. The molecule has 0 radical (unpaired) electrons. The minimum absolute atomic E-state index is 0.0740. The average Bonchev–Trinajstić information content (AvgIpc) is 3.37. The number of anilines is 1. The van der Waals surface area contributed by atoms with E-state index < -0.39 is 0 Å². The number of aromatic nitrogens is 2. The Balaban J connectivity index is 1.55. The van der Waals surface area contributed by atoms with Crippen molar-refractivity contribution >= 4 is 22.6 Å². The molecular formula is C28H29N3O. The molecule has 0 unspecified atom stereocenters. The summed E-state index contributed by atoms with van der Waals surface area (Å²) >= 11 is 0. The average molecular weight is 424 g/mol. The van der Waals surface area contributed by atoms with Crippen LogP contribution in [0, 0.1) is 13.8 Å². The maximum atomic E-state index is 13.1. The summed E-state index contributed by atoms with van der Waals surface area (Å²) in [5.41, 5.74) is 8.21. The molecule has 1 saturated heterocycles. The lowest BCUT2D eigenvalue weighted by Crippen LogP contribution is -2.25. The predicted octanol–water partition coefficient (Wildman–Crippen LogP) is 5.78. The van der Waals surface area contributed by atoms with Crippen LogP contribution in [0.15, 0.2) is 66.7 Å². The molecule has 0 spiro atoms. The molecule has 1 atom stereocenters. The van der Waals surface area contributed by atoms with Crippen LogP contribution in [0.2, 0.25) is 0 Å². The summed E-state index contributed by atoms with van der Waals surface area (Å²) in [4.78, 5) is 20.1. The molecule has 2 heterocycles. The van der Waals surface area contributed by atoms with Crippen LogP contribution in [0.5, 0.6) is 0 Å². The van der Waals surface area contributed by atoms with Gasteiger partial charge in [-0.2, -0.15) is 0 Å². The Labute approximate surface area is 189 Å². The lowest BCUT2D eigenvalue weighted by Gasteiger charge is -2.20. The molecule has 4 aromatic rings. The largest absolute Gasteiger partial charge is 0.323 e. The van der Waals surface area contributed by atoms with Gasteiger partial charge in [-0.05, 0) is 55.2 Å². The Bertz CT molecular complexity index is 1300. The zero-order valence-electron chi connectivity index (χ0n) is 19.0. The third kappa shape index (κ3) is 3.60. The lowest BCUT2D eigenvalue weighted by atomic mass is 10.0. The number of hydrogen-bond donors (Lipinski definition) is 0. The van der Waals surface area contributed by atoms with E-state index in [1.54, 1.807) is 0 Å². The first-order valence-corrected chi connectivity index (χ1v) is 11.4. The van der Waals surface area contributed by atoms with Crippen molar-refractivity contribution in [3.63, 3.8) is 0 Å². The number of carbonyl (C=O) groups is 1. The molecule has 0 bridgehead atoms. The van der Waals surface area contributed by atoms with Gasteiger partial charge in [0.1, 0.15) is 5.82 Å². The van der Waals surface area contributed by atoms with E-state index in [4.69, 9.17) is 4.98 Å². The summed E-state index contributed by atoms with van der Waals surface area (Å²) in [5.74, 6) is 1.27. The van der Waals surface area contributed by atoms with Crippen LogP contribution in [-0.2, 0) is 17.8 Å². The number of rotatable bonds is 5. The fourth-order valence-corrected chi connectivity index (χ4v) is 4.90.